The minimum Gasteiger partial charge on any atom is -0.488 e. The largest absolute Gasteiger partial charge is 0.488 e. The predicted molar refractivity (Wildman–Crippen MR) is 126 cm³/mol. The van der Waals surface area contributed by atoms with Gasteiger partial charge in [0.05, 0.1) is 10.6 Å². The smallest absolute Gasteiger partial charge is 0.261 e. The third-order valence-corrected chi connectivity index (χ3v) is 7.35. The van der Waals surface area contributed by atoms with Gasteiger partial charge in [-0.25, -0.2) is 4.39 Å². The molecule has 0 bridgehead atoms. The first-order valence-electron chi connectivity index (χ1n) is 11.0. The molecule has 0 spiro atoms. The number of hydrogen-bond acceptors (Lipinski definition) is 5. The summed E-state index contributed by atoms with van der Waals surface area (Å²) < 4.78 is 19.9. The molecule has 3 heterocycles. The van der Waals surface area contributed by atoms with Crippen molar-refractivity contribution in [2.75, 3.05) is 44.2 Å². The standard InChI is InChI=1S/C25H26FN3O2S/c1-17-5-4-8-21-23(17)24-18(16-31-21)15-22(32-24)25(30)27-9-10-28-11-13-29(14-12-28)20-7-3-2-6-19(20)26/h2-8,15H,9-14,16H2,1H3,(H,27,30). The number of amides is 1. The molecule has 1 saturated heterocycles. The molecule has 0 unspecified atom stereocenters. The highest BCUT2D eigenvalue weighted by molar-refractivity contribution is 7.17. The van der Waals surface area contributed by atoms with Crippen LogP contribution in [0.1, 0.15) is 20.8 Å². The topological polar surface area (TPSA) is 44.8 Å². The number of nitrogens with zero attached hydrogens (tertiary/aromatic N) is 2. The van der Waals surface area contributed by atoms with Crippen molar-refractivity contribution in [2.45, 2.75) is 13.5 Å². The number of benzene rings is 2. The fraction of sp³-hybridized carbons (Fsp3) is 0.320. The van der Waals surface area contributed by atoms with E-state index in [0.717, 1.165) is 64.9 Å². The van der Waals surface area contributed by atoms with Gasteiger partial charge in [-0.1, -0.05) is 24.3 Å². The molecule has 5 nitrogen and oxygen atoms in total. The van der Waals surface area contributed by atoms with Crippen molar-refractivity contribution < 1.29 is 13.9 Å². The van der Waals surface area contributed by atoms with Gasteiger partial charge in [-0.05, 0) is 36.8 Å². The van der Waals surface area contributed by atoms with Gasteiger partial charge in [0, 0.05) is 55.3 Å². The molecule has 7 heteroatoms. The second kappa shape index (κ2) is 8.92. The maximum atomic E-state index is 14.0. The molecule has 2 aliphatic heterocycles. The summed E-state index contributed by atoms with van der Waals surface area (Å²) in [4.78, 5) is 19.0. The van der Waals surface area contributed by atoms with Crippen LogP contribution in [0.25, 0.3) is 10.4 Å². The van der Waals surface area contributed by atoms with Crippen LogP contribution in [0, 0.1) is 12.7 Å². The van der Waals surface area contributed by atoms with Gasteiger partial charge in [-0.15, -0.1) is 11.3 Å². The monoisotopic (exact) mass is 451 g/mol. The number of ether oxygens (including phenoxy) is 1. The predicted octanol–water partition coefficient (Wildman–Crippen LogP) is 4.31. The second-order valence-electron chi connectivity index (χ2n) is 8.24. The van der Waals surface area contributed by atoms with Crippen molar-refractivity contribution in [1.82, 2.24) is 10.2 Å². The van der Waals surface area contributed by atoms with E-state index in [4.69, 9.17) is 4.74 Å². The Hall–Kier alpha value is -2.90. The summed E-state index contributed by atoms with van der Waals surface area (Å²) >= 11 is 1.54. The fourth-order valence-corrected chi connectivity index (χ4v) is 5.60. The van der Waals surface area contributed by atoms with E-state index in [0.29, 0.717) is 18.8 Å². The third-order valence-electron chi connectivity index (χ3n) is 6.16. The fourth-order valence-electron chi connectivity index (χ4n) is 4.40. The van der Waals surface area contributed by atoms with E-state index in [1.54, 1.807) is 6.07 Å². The van der Waals surface area contributed by atoms with E-state index in [2.05, 4.69) is 28.1 Å². The Balaban J connectivity index is 1.14. The molecule has 0 saturated carbocycles. The number of carbonyl (C=O) groups excluding carboxylic acids is 1. The van der Waals surface area contributed by atoms with Gasteiger partial charge in [0.1, 0.15) is 18.2 Å². The summed E-state index contributed by atoms with van der Waals surface area (Å²) in [6.45, 7) is 7.22. The summed E-state index contributed by atoms with van der Waals surface area (Å²) in [5, 5.41) is 3.06. The molecule has 3 aromatic rings. The zero-order valence-corrected chi connectivity index (χ0v) is 18.9. The van der Waals surface area contributed by atoms with Crippen LogP contribution in [0.2, 0.25) is 0 Å². The maximum absolute atomic E-state index is 14.0. The van der Waals surface area contributed by atoms with E-state index in [9.17, 15) is 9.18 Å². The molecule has 1 N–H and O–H groups in total. The number of piperazine rings is 1. The van der Waals surface area contributed by atoms with E-state index < -0.39 is 0 Å². The first-order chi connectivity index (χ1) is 15.6. The molecule has 2 aliphatic rings. The van der Waals surface area contributed by atoms with Crippen molar-refractivity contribution in [2.24, 2.45) is 0 Å². The quantitative estimate of drug-likeness (QED) is 0.628. The van der Waals surface area contributed by atoms with Gasteiger partial charge in [0.15, 0.2) is 0 Å². The highest BCUT2D eigenvalue weighted by Crippen LogP contribution is 2.44. The minimum absolute atomic E-state index is 0.0375. The van der Waals surface area contributed by atoms with E-state index in [1.807, 2.05) is 30.3 Å². The Morgan fingerprint density at radius 3 is 2.75 bits per heavy atom. The van der Waals surface area contributed by atoms with Crippen LogP contribution >= 0.6 is 11.3 Å². The number of aryl methyl sites for hydroxylation is 1. The average molecular weight is 452 g/mol. The average Bonchev–Trinajstić information content (AvgIpc) is 3.25. The van der Waals surface area contributed by atoms with Crippen molar-refractivity contribution in [1.29, 1.82) is 0 Å². The summed E-state index contributed by atoms with van der Waals surface area (Å²) in [5.41, 5.74) is 4.01. The lowest BCUT2D eigenvalue weighted by Crippen LogP contribution is -2.48. The molecule has 166 valence electrons. The number of thiophene rings is 1. The lowest BCUT2D eigenvalue weighted by atomic mass is 10.0. The van der Waals surface area contributed by atoms with Crippen LogP contribution in [0.4, 0.5) is 10.1 Å². The zero-order chi connectivity index (χ0) is 22.1. The van der Waals surface area contributed by atoms with Crippen molar-refractivity contribution in [3.8, 4) is 16.2 Å². The molecule has 0 atom stereocenters. The van der Waals surface area contributed by atoms with Crippen molar-refractivity contribution in [3.63, 3.8) is 0 Å². The van der Waals surface area contributed by atoms with Crippen LogP contribution in [-0.4, -0.2) is 50.1 Å². The van der Waals surface area contributed by atoms with Gasteiger partial charge < -0.3 is 15.0 Å². The Labute approximate surface area is 191 Å². The Morgan fingerprint density at radius 2 is 1.94 bits per heavy atom. The van der Waals surface area contributed by atoms with Crippen molar-refractivity contribution in [3.05, 3.63) is 70.4 Å². The number of nitrogens with one attached hydrogen (secondary N) is 1. The number of hydrogen-bond donors (Lipinski definition) is 1. The number of anilines is 1. The van der Waals surface area contributed by atoms with Gasteiger partial charge in [0.25, 0.3) is 5.91 Å². The molecule has 32 heavy (non-hydrogen) atoms. The van der Waals surface area contributed by atoms with Crippen LogP contribution in [0.15, 0.2) is 48.5 Å². The number of para-hydroxylation sites is 1. The normalized spacial score (nSPS) is 15.6. The van der Waals surface area contributed by atoms with Gasteiger partial charge in [-0.2, -0.15) is 0 Å². The van der Waals surface area contributed by atoms with Crippen LogP contribution in [0.5, 0.6) is 5.75 Å². The van der Waals surface area contributed by atoms with E-state index >= 15 is 0 Å². The van der Waals surface area contributed by atoms with Gasteiger partial charge in [0.2, 0.25) is 0 Å². The molecule has 0 aliphatic carbocycles. The number of rotatable bonds is 5. The summed E-state index contributed by atoms with van der Waals surface area (Å²) in [6, 6.07) is 14.9. The summed E-state index contributed by atoms with van der Waals surface area (Å²) in [6.07, 6.45) is 0. The first-order valence-corrected chi connectivity index (χ1v) is 11.8. The third kappa shape index (κ3) is 4.10. The van der Waals surface area contributed by atoms with Gasteiger partial charge in [-0.3, -0.25) is 9.69 Å². The van der Waals surface area contributed by atoms with Crippen LogP contribution < -0.4 is 15.0 Å². The van der Waals surface area contributed by atoms with Crippen molar-refractivity contribution >= 4 is 22.9 Å². The lowest BCUT2D eigenvalue weighted by Gasteiger charge is -2.36. The number of fused-ring (bicyclic) bond motifs is 3. The second-order valence-corrected chi connectivity index (χ2v) is 9.29. The van der Waals surface area contributed by atoms with E-state index in [1.165, 1.54) is 17.4 Å². The molecule has 1 aromatic heterocycles. The molecular weight excluding hydrogens is 425 g/mol. The SMILES string of the molecule is Cc1cccc2c1-c1sc(C(=O)NCCN3CCN(c4ccccc4F)CC3)cc1CO2. The molecule has 5 rings (SSSR count). The van der Waals surface area contributed by atoms with Crippen LogP contribution in [-0.2, 0) is 6.61 Å². The molecular formula is C25H26FN3O2S. The Bertz CT molecular complexity index is 1140. The highest BCUT2D eigenvalue weighted by Gasteiger charge is 2.24. The van der Waals surface area contributed by atoms with Gasteiger partial charge >= 0.3 is 0 Å². The maximum Gasteiger partial charge on any atom is 0.261 e. The Morgan fingerprint density at radius 1 is 1.12 bits per heavy atom. The summed E-state index contributed by atoms with van der Waals surface area (Å²) in [5.74, 6) is 0.681. The zero-order valence-electron chi connectivity index (χ0n) is 18.1. The van der Waals surface area contributed by atoms with E-state index in [-0.39, 0.29) is 11.7 Å². The summed E-state index contributed by atoms with van der Waals surface area (Å²) in [7, 11) is 0. The highest BCUT2D eigenvalue weighted by atomic mass is 32.1. The Kier molecular flexibility index (Phi) is 5.85. The molecule has 2 aromatic carbocycles. The first kappa shape index (κ1) is 21.0. The number of carbonyl (C=O) groups is 1. The lowest BCUT2D eigenvalue weighted by molar-refractivity contribution is 0.0951. The van der Waals surface area contributed by atoms with Crippen LogP contribution in [0.3, 0.4) is 0 Å². The molecule has 1 fully saturated rings. The number of halogens is 1. The molecule has 0 radical (unpaired) electrons. The minimum atomic E-state index is -0.171. The molecule has 1 amide bonds.